The average molecular weight is 274 g/mol. The highest BCUT2D eigenvalue weighted by atomic mass is 16.1. The van der Waals surface area contributed by atoms with E-state index in [2.05, 4.69) is 20.8 Å². The van der Waals surface area contributed by atoms with Crippen molar-refractivity contribution in [1.82, 2.24) is 20.1 Å². The lowest BCUT2D eigenvalue weighted by Crippen LogP contribution is -2.26. The van der Waals surface area contributed by atoms with Gasteiger partial charge in [0.1, 0.15) is 6.33 Å². The molecule has 1 aromatic heterocycles. The number of amides is 1. The molecule has 0 fully saturated rings. The minimum absolute atomic E-state index is 0.109. The zero-order valence-corrected chi connectivity index (χ0v) is 11.6. The van der Waals surface area contributed by atoms with Crippen molar-refractivity contribution in [2.75, 3.05) is 12.0 Å². The molecule has 0 aliphatic rings. The maximum atomic E-state index is 12.1. The van der Waals surface area contributed by atoms with Gasteiger partial charge in [0.25, 0.3) is 5.91 Å². The van der Waals surface area contributed by atoms with Crippen molar-refractivity contribution in [2.45, 2.75) is 13.3 Å². The van der Waals surface area contributed by atoms with Crippen LogP contribution < -0.4 is 16.6 Å². The first kappa shape index (κ1) is 14.0. The second-order valence-electron chi connectivity index (χ2n) is 4.51. The van der Waals surface area contributed by atoms with E-state index in [1.807, 2.05) is 20.0 Å². The van der Waals surface area contributed by atoms with Gasteiger partial charge in [0, 0.05) is 31.3 Å². The summed E-state index contributed by atoms with van der Waals surface area (Å²) < 4.78 is 1.64. The molecule has 106 valence electrons. The number of carbonyl (C=O) groups is 1. The Labute approximate surface area is 117 Å². The SMILES string of the molecule is Cc1cc(NN)ccc1C(=O)NCCc1ncn(C)n1. The molecule has 0 aliphatic heterocycles. The van der Waals surface area contributed by atoms with Crippen LogP contribution in [0.15, 0.2) is 24.5 Å². The van der Waals surface area contributed by atoms with E-state index in [0.717, 1.165) is 11.3 Å². The molecular formula is C13H18N6O. The molecule has 1 aromatic carbocycles. The van der Waals surface area contributed by atoms with Crippen LogP contribution in [0.1, 0.15) is 21.7 Å². The zero-order chi connectivity index (χ0) is 14.5. The Balaban J connectivity index is 1.91. The highest BCUT2D eigenvalue weighted by Gasteiger charge is 2.09. The van der Waals surface area contributed by atoms with Gasteiger partial charge >= 0.3 is 0 Å². The van der Waals surface area contributed by atoms with Gasteiger partial charge < -0.3 is 10.7 Å². The van der Waals surface area contributed by atoms with Crippen molar-refractivity contribution in [3.05, 3.63) is 41.5 Å². The Morgan fingerprint density at radius 3 is 2.85 bits per heavy atom. The van der Waals surface area contributed by atoms with E-state index in [9.17, 15) is 4.79 Å². The van der Waals surface area contributed by atoms with E-state index in [1.165, 1.54) is 0 Å². The number of rotatable bonds is 5. The van der Waals surface area contributed by atoms with Gasteiger partial charge in [-0.25, -0.2) is 4.98 Å². The quantitative estimate of drug-likeness (QED) is 0.541. The number of hydrazine groups is 1. The summed E-state index contributed by atoms with van der Waals surface area (Å²) in [5, 5.41) is 7.01. The van der Waals surface area contributed by atoms with Crippen LogP contribution in [0.4, 0.5) is 5.69 Å². The van der Waals surface area contributed by atoms with Crippen LogP contribution in [0.3, 0.4) is 0 Å². The molecule has 2 aromatic rings. The maximum absolute atomic E-state index is 12.1. The molecule has 7 heteroatoms. The fourth-order valence-electron chi connectivity index (χ4n) is 1.89. The summed E-state index contributed by atoms with van der Waals surface area (Å²) in [7, 11) is 1.81. The maximum Gasteiger partial charge on any atom is 0.251 e. The summed E-state index contributed by atoms with van der Waals surface area (Å²) >= 11 is 0. The third-order valence-electron chi connectivity index (χ3n) is 2.92. The van der Waals surface area contributed by atoms with Crippen molar-refractivity contribution in [3.8, 4) is 0 Å². The van der Waals surface area contributed by atoms with E-state index >= 15 is 0 Å². The van der Waals surface area contributed by atoms with Gasteiger partial charge in [0.15, 0.2) is 5.82 Å². The second kappa shape index (κ2) is 6.16. The van der Waals surface area contributed by atoms with Gasteiger partial charge in [-0.1, -0.05) is 0 Å². The van der Waals surface area contributed by atoms with Crippen molar-refractivity contribution >= 4 is 11.6 Å². The summed E-state index contributed by atoms with van der Waals surface area (Å²) in [6, 6.07) is 5.34. The minimum Gasteiger partial charge on any atom is -0.352 e. The number of carbonyl (C=O) groups excluding carboxylic acids is 1. The Morgan fingerprint density at radius 1 is 1.45 bits per heavy atom. The van der Waals surface area contributed by atoms with Gasteiger partial charge in [-0.05, 0) is 30.7 Å². The number of hydrogen-bond donors (Lipinski definition) is 3. The molecule has 1 heterocycles. The number of nitrogen functional groups attached to an aromatic ring is 1. The standard InChI is InChI=1S/C13H18N6O/c1-9-7-10(17-14)3-4-11(9)13(20)15-6-5-12-16-8-19(2)18-12/h3-4,7-8,17H,5-6,14H2,1-2H3,(H,15,20). The van der Waals surface area contributed by atoms with Crippen molar-refractivity contribution < 1.29 is 4.79 Å². The molecule has 0 radical (unpaired) electrons. The number of aryl methyl sites for hydroxylation is 2. The van der Waals surface area contributed by atoms with Crippen LogP contribution in [0.25, 0.3) is 0 Å². The lowest BCUT2D eigenvalue weighted by Gasteiger charge is -2.08. The summed E-state index contributed by atoms with van der Waals surface area (Å²) in [5.41, 5.74) is 4.83. The predicted molar refractivity (Wildman–Crippen MR) is 76.0 cm³/mol. The topological polar surface area (TPSA) is 97.9 Å². The molecule has 0 saturated heterocycles. The number of benzene rings is 1. The highest BCUT2D eigenvalue weighted by Crippen LogP contribution is 2.14. The number of hydrogen-bond acceptors (Lipinski definition) is 5. The highest BCUT2D eigenvalue weighted by molar-refractivity contribution is 5.96. The van der Waals surface area contributed by atoms with Crippen molar-refractivity contribution in [3.63, 3.8) is 0 Å². The second-order valence-corrected chi connectivity index (χ2v) is 4.51. The molecule has 0 aliphatic carbocycles. The molecule has 20 heavy (non-hydrogen) atoms. The smallest absolute Gasteiger partial charge is 0.251 e. The van der Waals surface area contributed by atoms with E-state index in [4.69, 9.17) is 5.84 Å². The number of nitrogens with two attached hydrogens (primary N) is 1. The van der Waals surface area contributed by atoms with Crippen molar-refractivity contribution in [2.24, 2.45) is 12.9 Å². The minimum atomic E-state index is -0.109. The van der Waals surface area contributed by atoms with E-state index in [-0.39, 0.29) is 5.91 Å². The lowest BCUT2D eigenvalue weighted by molar-refractivity contribution is 0.0953. The summed E-state index contributed by atoms with van der Waals surface area (Å²) in [6.07, 6.45) is 2.24. The predicted octanol–water partition coefficient (Wildman–Crippen LogP) is 0.382. The molecule has 4 N–H and O–H groups in total. The van der Waals surface area contributed by atoms with Crippen LogP contribution in [0.5, 0.6) is 0 Å². The number of aromatic nitrogens is 3. The average Bonchev–Trinajstić information content (AvgIpc) is 2.84. The number of nitrogens with one attached hydrogen (secondary N) is 2. The molecule has 0 saturated carbocycles. The molecule has 0 bridgehead atoms. The first-order valence-corrected chi connectivity index (χ1v) is 6.30. The van der Waals surface area contributed by atoms with Gasteiger partial charge in [-0.3, -0.25) is 15.3 Å². The van der Waals surface area contributed by atoms with E-state index in [1.54, 1.807) is 23.1 Å². The molecule has 2 rings (SSSR count). The largest absolute Gasteiger partial charge is 0.352 e. The summed E-state index contributed by atoms with van der Waals surface area (Å²) in [6.45, 7) is 2.37. The van der Waals surface area contributed by atoms with Crippen LogP contribution >= 0.6 is 0 Å². The monoisotopic (exact) mass is 274 g/mol. The summed E-state index contributed by atoms with van der Waals surface area (Å²) in [5.74, 6) is 5.93. The van der Waals surface area contributed by atoms with Crippen LogP contribution in [-0.4, -0.2) is 27.2 Å². The number of anilines is 1. The van der Waals surface area contributed by atoms with E-state index in [0.29, 0.717) is 24.4 Å². The van der Waals surface area contributed by atoms with Gasteiger partial charge in [0.05, 0.1) is 0 Å². The van der Waals surface area contributed by atoms with Crippen LogP contribution in [0.2, 0.25) is 0 Å². The Hall–Kier alpha value is -2.41. The lowest BCUT2D eigenvalue weighted by atomic mass is 10.1. The molecular weight excluding hydrogens is 256 g/mol. The Morgan fingerprint density at radius 2 is 2.25 bits per heavy atom. The molecule has 1 amide bonds. The molecule has 0 unspecified atom stereocenters. The van der Waals surface area contributed by atoms with Crippen LogP contribution in [0, 0.1) is 6.92 Å². The Kier molecular flexibility index (Phi) is 4.31. The van der Waals surface area contributed by atoms with Gasteiger partial charge in [-0.15, -0.1) is 0 Å². The third kappa shape index (κ3) is 3.33. The number of nitrogens with zero attached hydrogens (tertiary/aromatic N) is 3. The zero-order valence-electron chi connectivity index (χ0n) is 11.6. The van der Waals surface area contributed by atoms with Gasteiger partial charge in [-0.2, -0.15) is 5.10 Å². The molecule has 0 atom stereocenters. The third-order valence-corrected chi connectivity index (χ3v) is 2.92. The Bertz CT molecular complexity index is 607. The first-order chi connectivity index (χ1) is 9.60. The van der Waals surface area contributed by atoms with E-state index < -0.39 is 0 Å². The normalized spacial score (nSPS) is 10.3. The summed E-state index contributed by atoms with van der Waals surface area (Å²) in [4.78, 5) is 16.2. The van der Waals surface area contributed by atoms with Crippen molar-refractivity contribution in [1.29, 1.82) is 0 Å². The van der Waals surface area contributed by atoms with Gasteiger partial charge in [0.2, 0.25) is 0 Å². The molecule has 0 spiro atoms. The first-order valence-electron chi connectivity index (χ1n) is 6.30. The van der Waals surface area contributed by atoms with Crippen LogP contribution in [-0.2, 0) is 13.5 Å². The fourth-order valence-corrected chi connectivity index (χ4v) is 1.89. The fraction of sp³-hybridized carbons (Fsp3) is 0.308. The molecule has 7 nitrogen and oxygen atoms in total.